The fraction of sp³-hybridized carbons (Fsp3) is 0.227. The van der Waals surface area contributed by atoms with Gasteiger partial charge in [0.25, 0.3) is 5.56 Å². The van der Waals surface area contributed by atoms with Crippen LogP contribution in [0.15, 0.2) is 65.6 Å². The molecule has 0 saturated heterocycles. The molecule has 1 aliphatic carbocycles. The highest BCUT2D eigenvalue weighted by molar-refractivity contribution is 5.82. The first kappa shape index (κ1) is 18.6. The summed E-state index contributed by atoms with van der Waals surface area (Å²) in [5.74, 6) is 0.278. The van der Waals surface area contributed by atoms with Crippen molar-refractivity contribution in [2.75, 3.05) is 0 Å². The van der Waals surface area contributed by atoms with E-state index in [2.05, 4.69) is 10.2 Å². The van der Waals surface area contributed by atoms with Gasteiger partial charge in [-0.25, -0.2) is 9.36 Å². The Balaban J connectivity index is 1.62. The average molecular weight is 410 g/mol. The number of hydrogen-bond acceptors (Lipinski definition) is 3. The molecule has 8 heteroatoms. The highest BCUT2D eigenvalue weighted by Crippen LogP contribution is 2.41. The number of nitrogens with zero attached hydrogens (tertiary/aromatic N) is 4. The lowest BCUT2D eigenvalue weighted by Gasteiger charge is -2.11. The monoisotopic (exact) mass is 410 g/mol. The highest BCUT2D eigenvalue weighted by Gasteiger charge is 2.31. The van der Waals surface area contributed by atoms with E-state index in [1.807, 2.05) is 30.3 Å². The molecule has 5 rings (SSSR count). The predicted octanol–water partition coefficient (Wildman–Crippen LogP) is 4.53. The molecule has 5 nitrogen and oxygen atoms in total. The van der Waals surface area contributed by atoms with Crippen LogP contribution in [-0.4, -0.2) is 19.6 Å². The van der Waals surface area contributed by atoms with Crippen LogP contribution in [0.2, 0.25) is 0 Å². The average Bonchev–Trinajstić information content (AvgIpc) is 3.48. The largest absolute Gasteiger partial charge is 0.416 e. The zero-order chi connectivity index (χ0) is 20.9. The second-order valence-corrected chi connectivity index (χ2v) is 7.47. The molecule has 30 heavy (non-hydrogen) atoms. The van der Waals surface area contributed by atoms with Crippen molar-refractivity contribution in [1.82, 2.24) is 19.6 Å². The molecular weight excluding hydrogens is 393 g/mol. The Hall–Kier alpha value is -3.42. The first-order valence-corrected chi connectivity index (χ1v) is 9.62. The molecule has 0 unspecified atom stereocenters. The second-order valence-electron chi connectivity index (χ2n) is 7.47. The Kier molecular flexibility index (Phi) is 4.23. The van der Waals surface area contributed by atoms with Gasteiger partial charge >= 0.3 is 6.18 Å². The van der Waals surface area contributed by atoms with E-state index in [1.54, 1.807) is 10.9 Å². The Morgan fingerprint density at radius 2 is 1.70 bits per heavy atom. The van der Waals surface area contributed by atoms with Crippen molar-refractivity contribution in [1.29, 1.82) is 0 Å². The maximum absolute atomic E-state index is 13.3. The first-order chi connectivity index (χ1) is 14.4. The lowest BCUT2D eigenvalue weighted by atomic mass is 10.1. The standard InChI is InChI=1S/C22H17F3N4O/c23-22(24,25)16-10-6-14(7-11-16)13-28-21(30)20-18(19(27-28)15-8-9-15)12-26-29(20)17-4-2-1-3-5-17/h1-7,10-12,15H,8-9,13H2. The van der Waals surface area contributed by atoms with E-state index in [1.165, 1.54) is 16.8 Å². The van der Waals surface area contributed by atoms with Crippen LogP contribution < -0.4 is 5.56 Å². The summed E-state index contributed by atoms with van der Waals surface area (Å²) in [6.07, 6.45) is -0.727. The van der Waals surface area contributed by atoms with Gasteiger partial charge in [-0.1, -0.05) is 30.3 Å². The van der Waals surface area contributed by atoms with Crippen LogP contribution in [0.4, 0.5) is 13.2 Å². The summed E-state index contributed by atoms with van der Waals surface area (Å²) >= 11 is 0. The number of fused-ring (bicyclic) bond motifs is 1. The van der Waals surface area contributed by atoms with E-state index >= 15 is 0 Å². The van der Waals surface area contributed by atoms with Crippen LogP contribution in [0.3, 0.4) is 0 Å². The van der Waals surface area contributed by atoms with Crippen molar-refractivity contribution >= 4 is 10.9 Å². The van der Waals surface area contributed by atoms with Gasteiger partial charge in [-0.15, -0.1) is 0 Å². The van der Waals surface area contributed by atoms with Crippen LogP contribution >= 0.6 is 0 Å². The Labute approximate surface area is 169 Å². The van der Waals surface area contributed by atoms with Gasteiger partial charge in [-0.2, -0.15) is 23.4 Å². The number of benzene rings is 2. The third-order valence-electron chi connectivity index (χ3n) is 5.29. The van der Waals surface area contributed by atoms with Crippen LogP contribution in [0.25, 0.3) is 16.6 Å². The third kappa shape index (κ3) is 3.28. The summed E-state index contributed by atoms with van der Waals surface area (Å²) in [5.41, 5.74) is 1.55. The van der Waals surface area contributed by atoms with Gasteiger partial charge in [0.05, 0.1) is 29.7 Å². The van der Waals surface area contributed by atoms with Crippen molar-refractivity contribution in [3.8, 4) is 5.69 Å². The highest BCUT2D eigenvalue weighted by atomic mass is 19.4. The van der Waals surface area contributed by atoms with E-state index in [4.69, 9.17) is 0 Å². The van der Waals surface area contributed by atoms with Crippen LogP contribution in [0.1, 0.15) is 35.6 Å². The maximum atomic E-state index is 13.3. The molecular formula is C22H17F3N4O. The minimum atomic E-state index is -4.39. The molecule has 1 saturated carbocycles. The topological polar surface area (TPSA) is 52.7 Å². The van der Waals surface area contributed by atoms with E-state index < -0.39 is 11.7 Å². The maximum Gasteiger partial charge on any atom is 0.416 e. The van der Waals surface area contributed by atoms with Gasteiger partial charge in [0.1, 0.15) is 5.52 Å². The lowest BCUT2D eigenvalue weighted by Crippen LogP contribution is -2.26. The molecule has 2 heterocycles. The van der Waals surface area contributed by atoms with Crippen molar-refractivity contribution < 1.29 is 13.2 Å². The van der Waals surface area contributed by atoms with Crippen molar-refractivity contribution in [2.45, 2.75) is 31.5 Å². The Bertz CT molecular complexity index is 1270. The van der Waals surface area contributed by atoms with E-state index in [-0.39, 0.29) is 18.0 Å². The molecule has 0 N–H and O–H groups in total. The van der Waals surface area contributed by atoms with Gasteiger partial charge < -0.3 is 0 Å². The molecule has 0 amide bonds. The molecule has 0 spiro atoms. The number of para-hydroxylation sites is 1. The second kappa shape index (κ2) is 6.83. The van der Waals surface area contributed by atoms with Crippen LogP contribution in [0, 0.1) is 0 Å². The molecule has 2 aromatic carbocycles. The van der Waals surface area contributed by atoms with Crippen molar-refractivity contribution in [3.63, 3.8) is 0 Å². The van der Waals surface area contributed by atoms with Gasteiger partial charge in [-0.05, 0) is 42.7 Å². The minimum absolute atomic E-state index is 0.0899. The molecule has 4 aromatic rings. The van der Waals surface area contributed by atoms with Gasteiger partial charge in [0.15, 0.2) is 0 Å². The SMILES string of the molecule is O=c1c2c(cnn2-c2ccccc2)c(C2CC2)nn1Cc1ccc(C(F)(F)F)cc1. The fourth-order valence-electron chi connectivity index (χ4n) is 3.60. The lowest BCUT2D eigenvalue weighted by molar-refractivity contribution is -0.137. The zero-order valence-corrected chi connectivity index (χ0v) is 15.8. The van der Waals surface area contributed by atoms with E-state index in [0.717, 1.165) is 41.7 Å². The number of hydrogen-bond donors (Lipinski definition) is 0. The van der Waals surface area contributed by atoms with E-state index in [9.17, 15) is 18.0 Å². The van der Waals surface area contributed by atoms with Crippen LogP contribution in [0.5, 0.6) is 0 Å². The molecule has 1 aliphatic rings. The van der Waals surface area contributed by atoms with Gasteiger partial charge in [0, 0.05) is 11.3 Å². The molecule has 0 atom stereocenters. The molecule has 152 valence electrons. The number of aromatic nitrogens is 4. The quantitative estimate of drug-likeness (QED) is 0.497. The summed E-state index contributed by atoms with van der Waals surface area (Å²) in [4.78, 5) is 13.3. The predicted molar refractivity (Wildman–Crippen MR) is 106 cm³/mol. The summed E-state index contributed by atoms with van der Waals surface area (Å²) in [7, 11) is 0. The van der Waals surface area contributed by atoms with Gasteiger partial charge in [0.2, 0.25) is 0 Å². The first-order valence-electron chi connectivity index (χ1n) is 9.62. The molecule has 0 bridgehead atoms. The van der Waals surface area contributed by atoms with Crippen LogP contribution in [-0.2, 0) is 12.7 Å². The Morgan fingerprint density at radius 3 is 2.33 bits per heavy atom. The number of halogens is 3. The third-order valence-corrected chi connectivity index (χ3v) is 5.29. The summed E-state index contributed by atoms with van der Waals surface area (Å²) < 4.78 is 41.4. The molecule has 0 radical (unpaired) electrons. The van der Waals surface area contributed by atoms with Crippen molar-refractivity contribution in [2.24, 2.45) is 0 Å². The summed E-state index contributed by atoms with van der Waals surface area (Å²) in [5, 5.41) is 9.72. The smallest absolute Gasteiger partial charge is 0.265 e. The zero-order valence-electron chi connectivity index (χ0n) is 15.8. The number of rotatable bonds is 4. The van der Waals surface area contributed by atoms with E-state index in [0.29, 0.717) is 11.1 Å². The van der Waals surface area contributed by atoms with Gasteiger partial charge in [-0.3, -0.25) is 4.79 Å². The van der Waals surface area contributed by atoms with Crippen molar-refractivity contribution in [3.05, 3.63) is 88.0 Å². The minimum Gasteiger partial charge on any atom is -0.265 e. The fourth-order valence-corrected chi connectivity index (χ4v) is 3.60. The summed E-state index contributed by atoms with van der Waals surface area (Å²) in [6, 6.07) is 14.2. The Morgan fingerprint density at radius 1 is 1.00 bits per heavy atom. The normalized spacial score (nSPS) is 14.4. The molecule has 0 aliphatic heterocycles. The molecule has 1 fully saturated rings. The summed E-state index contributed by atoms with van der Waals surface area (Å²) in [6.45, 7) is 0.0899. The number of alkyl halides is 3. The molecule has 2 aromatic heterocycles.